The number of nitrogens with zero attached hydrogens (tertiary/aromatic N) is 1. The van der Waals surface area contributed by atoms with Crippen LogP contribution in [-0.2, 0) is 4.79 Å². The number of hydrogen-bond acceptors (Lipinski definition) is 2. The molecule has 0 heterocycles. The molecule has 0 aromatic heterocycles. The Bertz CT molecular complexity index is 1490. The number of carboxylic acids is 1. The van der Waals surface area contributed by atoms with Gasteiger partial charge in [-0.2, -0.15) is 5.26 Å². The van der Waals surface area contributed by atoms with Crippen LogP contribution in [0.2, 0.25) is 0 Å². The Morgan fingerprint density at radius 3 is 1.94 bits per heavy atom. The van der Waals surface area contributed by atoms with Crippen LogP contribution in [0.4, 0.5) is 0 Å². The molecule has 5 aromatic carbocycles. The molecular weight excluding hydrogens is 382 g/mol. The highest BCUT2D eigenvalue weighted by atomic mass is 16.4. The average molecular weight is 401 g/mol. The van der Waals surface area contributed by atoms with Crippen LogP contribution in [0, 0.1) is 17.2 Å². The molecule has 0 aliphatic heterocycles. The van der Waals surface area contributed by atoms with Crippen molar-refractivity contribution in [3.8, 4) is 6.07 Å². The summed E-state index contributed by atoms with van der Waals surface area (Å²) in [5, 5.41) is 26.1. The molecule has 2 atom stereocenters. The Labute approximate surface area is 179 Å². The molecule has 0 amide bonds. The van der Waals surface area contributed by atoms with Crippen molar-refractivity contribution in [2.75, 3.05) is 0 Å². The predicted octanol–water partition coefficient (Wildman–Crippen LogP) is 6.50. The van der Waals surface area contributed by atoms with E-state index in [4.69, 9.17) is 0 Å². The molecule has 0 saturated carbocycles. The third-order valence-corrected chi connectivity index (χ3v) is 6.03. The minimum Gasteiger partial charge on any atom is -0.480 e. The van der Waals surface area contributed by atoms with E-state index in [0.717, 1.165) is 43.4 Å². The van der Waals surface area contributed by atoms with Crippen LogP contribution in [-0.4, -0.2) is 11.1 Å². The summed E-state index contributed by atoms with van der Waals surface area (Å²) in [7, 11) is 0. The number of aliphatic carboxylic acids is 1. The molecular formula is C28H19NO2. The number of nitriles is 1. The van der Waals surface area contributed by atoms with Crippen molar-refractivity contribution in [2.24, 2.45) is 5.92 Å². The molecule has 1 N–H and O–H groups in total. The molecule has 5 aromatic rings. The summed E-state index contributed by atoms with van der Waals surface area (Å²) in [5.41, 5.74) is 1.71. The lowest BCUT2D eigenvalue weighted by Crippen LogP contribution is -2.22. The minimum atomic E-state index is -1.21. The lowest BCUT2D eigenvalue weighted by atomic mass is 9.77. The average Bonchev–Trinajstić information content (AvgIpc) is 2.81. The van der Waals surface area contributed by atoms with Crippen molar-refractivity contribution in [3.63, 3.8) is 0 Å². The Balaban J connectivity index is 1.91. The largest absolute Gasteiger partial charge is 0.480 e. The number of benzene rings is 5. The predicted molar refractivity (Wildman–Crippen MR) is 124 cm³/mol. The van der Waals surface area contributed by atoms with Gasteiger partial charge in [0, 0.05) is 5.92 Å². The number of fused-ring (bicyclic) bond motifs is 4. The van der Waals surface area contributed by atoms with Gasteiger partial charge in [0.05, 0.1) is 6.07 Å². The highest BCUT2D eigenvalue weighted by Gasteiger charge is 2.33. The van der Waals surface area contributed by atoms with Crippen LogP contribution < -0.4 is 0 Å². The first kappa shape index (κ1) is 18.8. The number of carbonyl (C=O) groups is 1. The van der Waals surface area contributed by atoms with Crippen molar-refractivity contribution < 1.29 is 9.90 Å². The monoisotopic (exact) mass is 401 g/mol. The van der Waals surface area contributed by atoms with E-state index in [1.165, 1.54) is 0 Å². The quantitative estimate of drug-likeness (QED) is 0.350. The summed E-state index contributed by atoms with van der Waals surface area (Å²) in [5.74, 6) is -2.93. The van der Waals surface area contributed by atoms with Gasteiger partial charge < -0.3 is 5.11 Å². The van der Waals surface area contributed by atoms with E-state index < -0.39 is 17.8 Å². The molecule has 0 bridgehead atoms. The Morgan fingerprint density at radius 2 is 1.23 bits per heavy atom. The zero-order chi connectivity index (χ0) is 21.4. The third-order valence-electron chi connectivity index (χ3n) is 6.03. The van der Waals surface area contributed by atoms with Gasteiger partial charge in [-0.05, 0) is 43.4 Å². The number of hydrogen-bond donors (Lipinski definition) is 1. The number of rotatable bonds is 4. The van der Waals surface area contributed by atoms with E-state index in [1.807, 2.05) is 72.8 Å². The summed E-state index contributed by atoms with van der Waals surface area (Å²) < 4.78 is 0. The SMILES string of the molecule is N#CC(C(=O)O)C(c1cccc2ccccc12)c1cccc2ccc3ccccc3c12. The maximum atomic E-state index is 12.2. The maximum Gasteiger partial charge on any atom is 0.321 e. The first-order chi connectivity index (χ1) is 15.2. The zero-order valence-corrected chi connectivity index (χ0v) is 16.7. The Kier molecular flexibility index (Phi) is 4.61. The van der Waals surface area contributed by atoms with Gasteiger partial charge in [-0.1, -0.05) is 97.1 Å². The first-order valence-corrected chi connectivity index (χ1v) is 10.2. The molecule has 0 aliphatic carbocycles. The zero-order valence-electron chi connectivity index (χ0n) is 16.7. The van der Waals surface area contributed by atoms with Crippen LogP contribution in [0.15, 0.2) is 97.1 Å². The molecule has 31 heavy (non-hydrogen) atoms. The molecule has 0 aliphatic rings. The summed E-state index contributed by atoms with van der Waals surface area (Å²) in [6.45, 7) is 0. The fourth-order valence-electron chi connectivity index (χ4n) is 4.67. The highest BCUT2D eigenvalue weighted by Crippen LogP contribution is 2.41. The van der Waals surface area contributed by atoms with E-state index in [2.05, 4.69) is 30.3 Å². The van der Waals surface area contributed by atoms with Gasteiger partial charge in [0.1, 0.15) is 0 Å². The van der Waals surface area contributed by atoms with Gasteiger partial charge >= 0.3 is 5.97 Å². The fourth-order valence-corrected chi connectivity index (χ4v) is 4.67. The van der Waals surface area contributed by atoms with Gasteiger partial charge in [-0.3, -0.25) is 4.79 Å². The lowest BCUT2D eigenvalue weighted by molar-refractivity contribution is -0.140. The summed E-state index contributed by atoms with van der Waals surface area (Å²) in [4.78, 5) is 12.2. The smallest absolute Gasteiger partial charge is 0.321 e. The van der Waals surface area contributed by atoms with Gasteiger partial charge in [0.2, 0.25) is 0 Å². The molecule has 0 fully saturated rings. The van der Waals surface area contributed by atoms with E-state index in [0.29, 0.717) is 0 Å². The lowest BCUT2D eigenvalue weighted by Gasteiger charge is -2.24. The van der Waals surface area contributed by atoms with Crippen molar-refractivity contribution in [2.45, 2.75) is 5.92 Å². The van der Waals surface area contributed by atoms with Crippen LogP contribution in [0.5, 0.6) is 0 Å². The van der Waals surface area contributed by atoms with Crippen molar-refractivity contribution in [3.05, 3.63) is 108 Å². The summed E-state index contributed by atoms with van der Waals surface area (Å²) in [6, 6.07) is 34.1. The van der Waals surface area contributed by atoms with E-state index in [9.17, 15) is 15.2 Å². The van der Waals surface area contributed by atoms with Gasteiger partial charge in [0.25, 0.3) is 0 Å². The molecule has 0 spiro atoms. The molecule has 148 valence electrons. The topological polar surface area (TPSA) is 61.1 Å². The minimum absolute atomic E-state index is 0.608. The van der Waals surface area contributed by atoms with Crippen LogP contribution in [0.3, 0.4) is 0 Å². The second kappa shape index (κ2) is 7.59. The van der Waals surface area contributed by atoms with Crippen LogP contribution in [0.25, 0.3) is 32.3 Å². The molecule has 5 rings (SSSR count). The Hall–Kier alpha value is -4.16. The number of carboxylic acid groups (broad SMARTS) is 1. The molecule has 0 radical (unpaired) electrons. The van der Waals surface area contributed by atoms with Crippen LogP contribution in [0.1, 0.15) is 17.0 Å². The van der Waals surface area contributed by atoms with Gasteiger partial charge in [-0.15, -0.1) is 0 Å². The molecule has 3 nitrogen and oxygen atoms in total. The van der Waals surface area contributed by atoms with Gasteiger partial charge in [-0.25, -0.2) is 0 Å². The van der Waals surface area contributed by atoms with E-state index in [-0.39, 0.29) is 0 Å². The Morgan fingerprint density at radius 1 is 0.677 bits per heavy atom. The van der Waals surface area contributed by atoms with E-state index in [1.54, 1.807) is 0 Å². The van der Waals surface area contributed by atoms with Crippen molar-refractivity contribution >= 4 is 38.3 Å². The molecule has 3 heteroatoms. The normalized spacial score (nSPS) is 13.1. The van der Waals surface area contributed by atoms with E-state index >= 15 is 0 Å². The third kappa shape index (κ3) is 3.10. The second-order valence-electron chi connectivity index (χ2n) is 7.72. The fraction of sp³-hybridized carbons (Fsp3) is 0.0714. The van der Waals surface area contributed by atoms with Crippen molar-refractivity contribution in [1.82, 2.24) is 0 Å². The molecule has 0 saturated heterocycles. The molecule has 2 unspecified atom stereocenters. The summed E-state index contributed by atoms with van der Waals surface area (Å²) in [6.07, 6.45) is 0. The standard InChI is InChI=1S/C28H19NO2/c29-17-25(28(30)31)27(23-13-5-9-18-7-1-3-11-21(18)23)24-14-6-10-20-16-15-19-8-2-4-12-22(19)26(20)24/h1-16,25,27H,(H,30,31). The van der Waals surface area contributed by atoms with Gasteiger partial charge in [0.15, 0.2) is 5.92 Å². The van der Waals surface area contributed by atoms with Crippen molar-refractivity contribution in [1.29, 1.82) is 5.26 Å². The van der Waals surface area contributed by atoms with Crippen LogP contribution >= 0.6 is 0 Å². The second-order valence-corrected chi connectivity index (χ2v) is 7.72. The highest BCUT2D eigenvalue weighted by molar-refractivity contribution is 6.10. The maximum absolute atomic E-state index is 12.2. The first-order valence-electron chi connectivity index (χ1n) is 10.2. The summed E-state index contributed by atoms with van der Waals surface area (Å²) >= 11 is 0.